The van der Waals surface area contributed by atoms with Crippen molar-refractivity contribution in [1.29, 1.82) is 0 Å². The molecule has 0 fully saturated rings. The quantitative estimate of drug-likeness (QED) is 0.680. The Morgan fingerprint density at radius 1 is 1.41 bits per heavy atom. The summed E-state index contributed by atoms with van der Waals surface area (Å²) in [6, 6.07) is 3.05. The average molecular weight is 278 g/mol. The van der Waals surface area contributed by atoms with Gasteiger partial charge in [0.1, 0.15) is 0 Å². The van der Waals surface area contributed by atoms with Crippen LogP contribution in [0.5, 0.6) is 0 Å². The number of nitrogens with one attached hydrogen (secondary N) is 2. The van der Waals surface area contributed by atoms with Gasteiger partial charge in [-0.3, -0.25) is 9.59 Å². The van der Waals surface area contributed by atoms with E-state index in [1.165, 1.54) is 11.3 Å². The van der Waals surface area contributed by atoms with Gasteiger partial charge < -0.3 is 16.4 Å². The predicted octanol–water partition coefficient (Wildman–Crippen LogP) is 0.363. The fourth-order valence-corrected chi connectivity index (χ4v) is 1.66. The van der Waals surface area contributed by atoms with Crippen molar-refractivity contribution in [3.63, 3.8) is 0 Å². The second-order valence-electron chi connectivity index (χ2n) is 3.31. The molecule has 0 aliphatic carbocycles. The first-order valence-electron chi connectivity index (χ1n) is 4.96. The average Bonchev–Trinajstić information content (AvgIpc) is 2.76. The third-order valence-corrected chi connectivity index (χ3v) is 2.74. The van der Waals surface area contributed by atoms with Gasteiger partial charge in [-0.25, -0.2) is 0 Å². The van der Waals surface area contributed by atoms with E-state index in [0.29, 0.717) is 18.0 Å². The van der Waals surface area contributed by atoms with Gasteiger partial charge in [0.2, 0.25) is 5.91 Å². The molecule has 0 saturated heterocycles. The molecule has 0 aromatic carbocycles. The summed E-state index contributed by atoms with van der Waals surface area (Å²) in [6.45, 7) is 2.40. The molecule has 96 valence electrons. The molecule has 0 radical (unpaired) electrons. The first kappa shape index (κ1) is 15.9. The Kier molecular flexibility index (Phi) is 7.53. The molecule has 1 aromatic rings. The minimum Gasteiger partial charge on any atom is -0.353 e. The van der Waals surface area contributed by atoms with Gasteiger partial charge in [-0.1, -0.05) is 6.07 Å². The highest BCUT2D eigenvalue weighted by molar-refractivity contribution is 7.12. The van der Waals surface area contributed by atoms with Crippen molar-refractivity contribution in [2.24, 2.45) is 5.73 Å². The summed E-state index contributed by atoms with van der Waals surface area (Å²) < 4.78 is 0. The molecule has 0 saturated carbocycles. The fourth-order valence-electron chi connectivity index (χ4n) is 1.02. The highest BCUT2D eigenvalue weighted by Crippen LogP contribution is 2.07. The topological polar surface area (TPSA) is 84.2 Å². The molecule has 0 aliphatic rings. The van der Waals surface area contributed by atoms with E-state index in [0.717, 1.165) is 0 Å². The van der Waals surface area contributed by atoms with E-state index in [9.17, 15) is 9.59 Å². The molecule has 2 amide bonds. The summed E-state index contributed by atoms with van der Waals surface area (Å²) in [7, 11) is 0. The maximum absolute atomic E-state index is 11.4. The van der Waals surface area contributed by atoms with Crippen molar-refractivity contribution in [2.75, 3.05) is 13.1 Å². The largest absolute Gasteiger partial charge is 0.353 e. The number of nitrogens with two attached hydrogens (primary N) is 1. The highest BCUT2D eigenvalue weighted by atomic mass is 35.5. The lowest BCUT2D eigenvalue weighted by atomic mass is 10.3. The SMILES string of the molecule is CC(N)C(=O)NCCNC(=O)c1cccs1.Cl. The lowest BCUT2D eigenvalue weighted by Gasteiger charge is -2.08. The van der Waals surface area contributed by atoms with Crippen LogP contribution in [0.25, 0.3) is 0 Å². The van der Waals surface area contributed by atoms with E-state index < -0.39 is 6.04 Å². The molecule has 1 aromatic heterocycles. The molecule has 5 nitrogen and oxygen atoms in total. The maximum atomic E-state index is 11.4. The standard InChI is InChI=1S/C10H15N3O2S.ClH/c1-7(11)9(14)12-4-5-13-10(15)8-3-2-6-16-8;/h2-3,6-7H,4-5,11H2,1H3,(H,12,14)(H,13,15);1H. The molecule has 0 aliphatic heterocycles. The maximum Gasteiger partial charge on any atom is 0.261 e. The number of rotatable bonds is 5. The van der Waals surface area contributed by atoms with E-state index in [1.54, 1.807) is 13.0 Å². The first-order valence-corrected chi connectivity index (χ1v) is 5.84. The lowest BCUT2D eigenvalue weighted by molar-refractivity contribution is -0.121. The van der Waals surface area contributed by atoms with Crippen molar-refractivity contribution in [2.45, 2.75) is 13.0 Å². The molecule has 1 unspecified atom stereocenters. The first-order chi connectivity index (χ1) is 7.61. The van der Waals surface area contributed by atoms with Crippen molar-refractivity contribution >= 4 is 35.6 Å². The zero-order valence-electron chi connectivity index (χ0n) is 9.43. The summed E-state index contributed by atoms with van der Waals surface area (Å²) in [6.07, 6.45) is 0. The minimum absolute atomic E-state index is 0. The molecular formula is C10H16ClN3O2S. The van der Waals surface area contributed by atoms with Gasteiger partial charge in [-0.2, -0.15) is 0 Å². The van der Waals surface area contributed by atoms with Crippen LogP contribution in [0.1, 0.15) is 16.6 Å². The summed E-state index contributed by atoms with van der Waals surface area (Å²) in [5.41, 5.74) is 5.36. The van der Waals surface area contributed by atoms with Crippen LogP contribution in [-0.2, 0) is 4.79 Å². The van der Waals surface area contributed by atoms with Crippen LogP contribution in [0.15, 0.2) is 17.5 Å². The summed E-state index contributed by atoms with van der Waals surface area (Å²) in [5, 5.41) is 7.14. The van der Waals surface area contributed by atoms with E-state index in [1.807, 2.05) is 11.4 Å². The Morgan fingerprint density at radius 3 is 2.59 bits per heavy atom. The van der Waals surface area contributed by atoms with Gasteiger partial charge >= 0.3 is 0 Å². The summed E-state index contributed by atoms with van der Waals surface area (Å²) >= 11 is 1.38. The summed E-state index contributed by atoms with van der Waals surface area (Å²) in [5.74, 6) is -0.338. The predicted molar refractivity (Wildman–Crippen MR) is 70.6 cm³/mol. The number of halogens is 1. The van der Waals surface area contributed by atoms with Gasteiger partial charge in [0, 0.05) is 13.1 Å². The zero-order valence-corrected chi connectivity index (χ0v) is 11.1. The van der Waals surface area contributed by atoms with Crippen LogP contribution >= 0.6 is 23.7 Å². The van der Waals surface area contributed by atoms with Gasteiger partial charge in [-0.05, 0) is 18.4 Å². The molecule has 1 atom stereocenters. The van der Waals surface area contributed by atoms with E-state index in [-0.39, 0.29) is 24.2 Å². The van der Waals surface area contributed by atoms with E-state index in [4.69, 9.17) is 5.73 Å². The Hall–Kier alpha value is -1.11. The van der Waals surface area contributed by atoms with Crippen molar-refractivity contribution in [1.82, 2.24) is 10.6 Å². The number of carbonyl (C=O) groups excluding carboxylic acids is 2. The van der Waals surface area contributed by atoms with Crippen LogP contribution in [-0.4, -0.2) is 30.9 Å². The Balaban J connectivity index is 0.00000256. The van der Waals surface area contributed by atoms with Crippen LogP contribution in [0.2, 0.25) is 0 Å². The Bertz CT molecular complexity index is 354. The molecule has 0 spiro atoms. The fraction of sp³-hybridized carbons (Fsp3) is 0.400. The Morgan fingerprint density at radius 2 is 2.06 bits per heavy atom. The Labute approximate surface area is 110 Å². The third kappa shape index (κ3) is 5.67. The molecule has 7 heteroatoms. The van der Waals surface area contributed by atoms with Crippen molar-refractivity contribution in [3.8, 4) is 0 Å². The van der Waals surface area contributed by atoms with Crippen molar-refractivity contribution < 1.29 is 9.59 Å². The molecule has 1 heterocycles. The number of amides is 2. The third-order valence-electron chi connectivity index (χ3n) is 1.87. The van der Waals surface area contributed by atoms with E-state index in [2.05, 4.69) is 10.6 Å². The summed E-state index contributed by atoms with van der Waals surface area (Å²) in [4.78, 5) is 23.2. The molecule has 17 heavy (non-hydrogen) atoms. The normalized spacial score (nSPS) is 11.2. The molecule has 0 bridgehead atoms. The van der Waals surface area contributed by atoms with Gasteiger partial charge in [0.05, 0.1) is 10.9 Å². The smallest absolute Gasteiger partial charge is 0.261 e. The van der Waals surface area contributed by atoms with Crippen LogP contribution in [0.3, 0.4) is 0 Å². The molecular weight excluding hydrogens is 262 g/mol. The lowest BCUT2D eigenvalue weighted by Crippen LogP contribution is -2.41. The minimum atomic E-state index is -0.520. The zero-order chi connectivity index (χ0) is 12.0. The second-order valence-corrected chi connectivity index (χ2v) is 4.26. The van der Waals surface area contributed by atoms with Crippen LogP contribution in [0.4, 0.5) is 0 Å². The van der Waals surface area contributed by atoms with Crippen LogP contribution < -0.4 is 16.4 Å². The highest BCUT2D eigenvalue weighted by Gasteiger charge is 2.07. The van der Waals surface area contributed by atoms with Gasteiger partial charge in [0.25, 0.3) is 5.91 Å². The number of carbonyl (C=O) groups is 2. The monoisotopic (exact) mass is 277 g/mol. The number of thiophene rings is 1. The molecule has 1 rings (SSSR count). The van der Waals surface area contributed by atoms with Gasteiger partial charge in [-0.15, -0.1) is 23.7 Å². The van der Waals surface area contributed by atoms with E-state index >= 15 is 0 Å². The van der Waals surface area contributed by atoms with Gasteiger partial charge in [0.15, 0.2) is 0 Å². The molecule has 4 N–H and O–H groups in total. The second kappa shape index (κ2) is 8.05. The van der Waals surface area contributed by atoms with Crippen molar-refractivity contribution in [3.05, 3.63) is 22.4 Å². The van der Waals surface area contributed by atoms with Crippen LogP contribution in [0, 0.1) is 0 Å². The number of hydrogen-bond acceptors (Lipinski definition) is 4. The number of hydrogen-bond donors (Lipinski definition) is 3.